The maximum Gasteiger partial charge on any atom is 0.191 e. The first-order valence-electron chi connectivity index (χ1n) is 2.94. The van der Waals surface area contributed by atoms with E-state index in [0.717, 1.165) is 0 Å². The molecule has 0 N–H and O–H groups in total. The van der Waals surface area contributed by atoms with E-state index in [-0.39, 0.29) is 0 Å². The summed E-state index contributed by atoms with van der Waals surface area (Å²) in [6.07, 6.45) is 0. The minimum Gasteiger partial charge on any atom is -0.0936 e. The van der Waals surface area contributed by atoms with Crippen LogP contribution in [0.5, 0.6) is 0 Å². The minimum absolute atomic E-state index is 0.316. The van der Waals surface area contributed by atoms with Crippen LogP contribution < -0.4 is 0 Å². The largest absolute Gasteiger partial charge is 0.191 e. The molecule has 3 heteroatoms. The molecule has 0 spiro atoms. The lowest BCUT2D eigenvalue weighted by Gasteiger charge is -1.91. The highest BCUT2D eigenvalue weighted by molar-refractivity contribution is 6.67. The molecule has 0 aromatic carbocycles. The quantitative estimate of drug-likeness (QED) is 0.457. The summed E-state index contributed by atoms with van der Waals surface area (Å²) in [6.45, 7) is 4.08. The van der Waals surface area contributed by atoms with Crippen molar-refractivity contribution in [1.82, 2.24) is 0 Å². The fourth-order valence-electron chi connectivity index (χ4n) is 0.761. The van der Waals surface area contributed by atoms with Crippen molar-refractivity contribution in [2.75, 3.05) is 7.05 Å². The van der Waals surface area contributed by atoms with Crippen molar-refractivity contribution >= 4 is 22.5 Å². The second-order valence-corrected chi connectivity index (χ2v) is 2.70. The summed E-state index contributed by atoms with van der Waals surface area (Å²) in [5.74, 6) is 0.316. The molecule has 9 heavy (non-hydrogen) atoms. The molecule has 2 nitrogen and oxygen atoms in total. The molecule has 0 fully saturated rings. The van der Waals surface area contributed by atoms with E-state index in [1.807, 2.05) is 25.6 Å². The lowest BCUT2D eigenvalue weighted by atomic mass is 10.1. The molecule has 0 aliphatic carbocycles. The average Bonchev–Trinajstić information content (AvgIpc) is 1.98. The third-order valence-electron chi connectivity index (χ3n) is 1.74. The summed E-state index contributed by atoms with van der Waals surface area (Å²) in [5, 5.41) is 4.72. The Morgan fingerprint density at radius 2 is 2.22 bits per heavy atom. The molecule has 1 unspecified atom stereocenters. The van der Waals surface area contributed by atoms with Crippen molar-refractivity contribution in [2.45, 2.75) is 13.8 Å². The van der Waals surface area contributed by atoms with Gasteiger partial charge in [0, 0.05) is 12.0 Å². The highest BCUT2D eigenvalue weighted by Gasteiger charge is 2.26. The van der Waals surface area contributed by atoms with Crippen LogP contribution in [0, 0.1) is 5.92 Å². The molecule has 50 valence electrons. The molecule has 0 aromatic rings. The van der Waals surface area contributed by atoms with Crippen LogP contribution in [0.25, 0.3) is 0 Å². The molecule has 0 saturated carbocycles. The van der Waals surface area contributed by atoms with E-state index in [2.05, 4.69) is 5.10 Å². The second kappa shape index (κ2) is 2.10. The standard InChI is InChI=1S/C6H10ClN2/c1-4-5(2)9(3)8-6(4)7/h4H,1-3H3/q+1. The molecule has 1 aliphatic heterocycles. The lowest BCUT2D eigenvalue weighted by Crippen LogP contribution is -2.12. The van der Waals surface area contributed by atoms with Gasteiger partial charge in [-0.3, -0.25) is 0 Å². The van der Waals surface area contributed by atoms with Crippen molar-refractivity contribution in [1.29, 1.82) is 0 Å². The fraction of sp³-hybridized carbons (Fsp3) is 0.667. The van der Waals surface area contributed by atoms with Gasteiger partial charge in [0.2, 0.25) is 0 Å². The van der Waals surface area contributed by atoms with Gasteiger partial charge in [-0.1, -0.05) is 16.3 Å². The van der Waals surface area contributed by atoms with Crippen LogP contribution in [0.4, 0.5) is 0 Å². The van der Waals surface area contributed by atoms with Gasteiger partial charge >= 0.3 is 0 Å². The maximum absolute atomic E-state index is 5.74. The summed E-state index contributed by atoms with van der Waals surface area (Å²) in [6, 6.07) is 0. The first-order valence-corrected chi connectivity index (χ1v) is 3.32. The highest BCUT2D eigenvalue weighted by atomic mass is 35.5. The van der Waals surface area contributed by atoms with Gasteiger partial charge in [-0.15, -0.1) is 0 Å². The van der Waals surface area contributed by atoms with E-state index >= 15 is 0 Å². The molecular weight excluding hydrogens is 136 g/mol. The molecule has 1 rings (SSSR count). The summed E-state index contributed by atoms with van der Waals surface area (Å²) in [7, 11) is 1.90. The van der Waals surface area contributed by atoms with E-state index in [9.17, 15) is 0 Å². The molecule has 1 atom stereocenters. The van der Waals surface area contributed by atoms with E-state index in [4.69, 9.17) is 11.6 Å². The Hall–Kier alpha value is -0.370. The fourth-order valence-corrected chi connectivity index (χ4v) is 1.03. The Labute approximate surface area is 59.8 Å². The summed E-state index contributed by atoms with van der Waals surface area (Å²) in [5.41, 5.74) is 1.21. The smallest absolute Gasteiger partial charge is 0.0936 e. The highest BCUT2D eigenvalue weighted by Crippen LogP contribution is 2.11. The number of hydrogen-bond donors (Lipinski definition) is 0. The summed E-state index contributed by atoms with van der Waals surface area (Å²) in [4.78, 5) is 0. The Bertz CT molecular complexity index is 193. The third kappa shape index (κ3) is 0.990. The average molecular weight is 146 g/mol. The zero-order valence-corrected chi connectivity index (χ0v) is 6.61. The minimum atomic E-state index is 0.316. The molecule has 0 radical (unpaired) electrons. The first kappa shape index (κ1) is 6.75. The van der Waals surface area contributed by atoms with Gasteiger partial charge in [0.05, 0.1) is 5.92 Å². The maximum atomic E-state index is 5.74. The van der Waals surface area contributed by atoms with Crippen molar-refractivity contribution in [3.63, 3.8) is 0 Å². The van der Waals surface area contributed by atoms with Crippen molar-refractivity contribution in [2.24, 2.45) is 11.0 Å². The molecular formula is C6H10ClN2+. The van der Waals surface area contributed by atoms with Crippen molar-refractivity contribution in [3.8, 4) is 0 Å². The van der Waals surface area contributed by atoms with Crippen molar-refractivity contribution in [3.05, 3.63) is 0 Å². The van der Waals surface area contributed by atoms with Gasteiger partial charge in [-0.2, -0.15) is 0 Å². The topological polar surface area (TPSA) is 15.4 Å². The molecule has 0 bridgehead atoms. The van der Waals surface area contributed by atoms with Crippen LogP contribution in [-0.4, -0.2) is 22.6 Å². The predicted octanol–water partition coefficient (Wildman–Crippen LogP) is 1.29. The van der Waals surface area contributed by atoms with Crippen molar-refractivity contribution < 1.29 is 4.68 Å². The molecule has 0 saturated heterocycles. The van der Waals surface area contributed by atoms with Crippen LogP contribution in [-0.2, 0) is 0 Å². The van der Waals surface area contributed by atoms with Gasteiger partial charge in [-0.05, 0) is 6.92 Å². The molecule has 1 aliphatic rings. The number of nitrogens with zero attached hydrogens (tertiary/aromatic N) is 2. The second-order valence-electron chi connectivity index (χ2n) is 2.31. The number of hydrazone groups is 1. The van der Waals surface area contributed by atoms with Gasteiger partial charge in [0.15, 0.2) is 17.9 Å². The van der Waals surface area contributed by atoms with E-state index in [1.54, 1.807) is 0 Å². The molecule has 1 heterocycles. The predicted molar refractivity (Wildman–Crippen MR) is 39.3 cm³/mol. The normalized spacial score (nSPS) is 27.1. The van der Waals surface area contributed by atoms with E-state index < -0.39 is 0 Å². The number of halogens is 1. The molecule has 0 amide bonds. The van der Waals surface area contributed by atoms with E-state index in [1.165, 1.54) is 5.71 Å². The molecule has 0 aromatic heterocycles. The van der Waals surface area contributed by atoms with Crippen LogP contribution in [0.3, 0.4) is 0 Å². The van der Waals surface area contributed by atoms with Crippen LogP contribution in [0.15, 0.2) is 5.10 Å². The Kier molecular flexibility index (Phi) is 1.58. The summed E-state index contributed by atoms with van der Waals surface area (Å²) < 4.78 is 1.81. The third-order valence-corrected chi connectivity index (χ3v) is 2.14. The van der Waals surface area contributed by atoms with Crippen LogP contribution in [0.2, 0.25) is 0 Å². The van der Waals surface area contributed by atoms with Crippen LogP contribution >= 0.6 is 11.6 Å². The van der Waals surface area contributed by atoms with Crippen LogP contribution in [0.1, 0.15) is 13.8 Å². The Balaban J connectivity index is 2.92. The van der Waals surface area contributed by atoms with Gasteiger partial charge in [0.25, 0.3) is 0 Å². The van der Waals surface area contributed by atoms with E-state index in [0.29, 0.717) is 11.1 Å². The van der Waals surface area contributed by atoms with Gasteiger partial charge < -0.3 is 0 Å². The monoisotopic (exact) mass is 145 g/mol. The zero-order valence-electron chi connectivity index (χ0n) is 5.85. The number of hydrogen-bond acceptors (Lipinski definition) is 1. The SMILES string of the molecule is CC1=[N+](C)N=C(Cl)C1C. The summed E-state index contributed by atoms with van der Waals surface area (Å²) >= 11 is 5.74. The Morgan fingerprint density at radius 1 is 1.67 bits per heavy atom. The number of rotatable bonds is 0. The first-order chi connectivity index (χ1) is 4.13. The Morgan fingerprint density at radius 3 is 2.33 bits per heavy atom. The van der Waals surface area contributed by atoms with Gasteiger partial charge in [-0.25, -0.2) is 0 Å². The van der Waals surface area contributed by atoms with Gasteiger partial charge in [0.1, 0.15) is 0 Å². The zero-order chi connectivity index (χ0) is 7.02. The lowest BCUT2D eigenvalue weighted by molar-refractivity contribution is -0.500.